The lowest BCUT2D eigenvalue weighted by molar-refractivity contribution is 0.419. The van der Waals surface area contributed by atoms with Crippen molar-refractivity contribution in [3.63, 3.8) is 0 Å². The molecule has 0 spiro atoms. The maximum absolute atomic E-state index is 11.3. The Morgan fingerprint density at radius 3 is 2.95 bits per heavy atom. The second-order valence-corrected chi connectivity index (χ2v) is 7.78. The highest BCUT2D eigenvalue weighted by Gasteiger charge is 2.20. The third-order valence-corrected chi connectivity index (χ3v) is 4.34. The Bertz CT molecular complexity index is 558. The Morgan fingerprint density at radius 2 is 2.25 bits per heavy atom. The molecular weight excluding hydrogens is 274 g/mol. The number of nitrogens with one attached hydrogen (secondary N) is 1. The van der Waals surface area contributed by atoms with Crippen LogP contribution in [0.15, 0.2) is 6.20 Å². The Labute approximate surface area is 121 Å². The molecule has 0 aromatic carbocycles. The average Bonchev–Trinajstić information content (AvgIpc) is 2.37. The van der Waals surface area contributed by atoms with E-state index in [1.165, 1.54) is 11.8 Å². The fourth-order valence-electron chi connectivity index (χ4n) is 2.59. The van der Waals surface area contributed by atoms with Crippen molar-refractivity contribution in [3.8, 4) is 0 Å². The van der Waals surface area contributed by atoms with E-state index >= 15 is 0 Å². The van der Waals surface area contributed by atoms with Crippen LogP contribution in [0.4, 0.5) is 0 Å². The summed E-state index contributed by atoms with van der Waals surface area (Å²) in [6.45, 7) is 4.27. The highest BCUT2D eigenvalue weighted by molar-refractivity contribution is 7.89. The van der Waals surface area contributed by atoms with Gasteiger partial charge in [0.1, 0.15) is 11.6 Å². The van der Waals surface area contributed by atoms with Gasteiger partial charge in [-0.1, -0.05) is 6.92 Å². The van der Waals surface area contributed by atoms with Crippen LogP contribution < -0.4 is 5.32 Å². The van der Waals surface area contributed by atoms with Crippen molar-refractivity contribution in [1.82, 2.24) is 15.3 Å². The van der Waals surface area contributed by atoms with Gasteiger partial charge in [0.15, 0.2) is 9.84 Å². The molecule has 0 saturated heterocycles. The molecule has 0 bridgehead atoms. The molecule has 1 aromatic heterocycles. The molecular formula is C14H23N3O2S. The van der Waals surface area contributed by atoms with Gasteiger partial charge in [0.05, 0.1) is 0 Å². The largest absolute Gasteiger partial charge is 0.316 e. The molecule has 1 N–H and O–H groups in total. The van der Waals surface area contributed by atoms with Gasteiger partial charge in [-0.3, -0.25) is 0 Å². The second-order valence-electron chi connectivity index (χ2n) is 5.64. The van der Waals surface area contributed by atoms with E-state index < -0.39 is 9.84 Å². The van der Waals surface area contributed by atoms with E-state index in [1.54, 1.807) is 0 Å². The lowest BCUT2D eigenvalue weighted by atomic mass is 9.87. The number of aryl methyl sites for hydroxylation is 1. The van der Waals surface area contributed by atoms with Crippen LogP contribution in [0.3, 0.4) is 0 Å². The van der Waals surface area contributed by atoms with Gasteiger partial charge in [0, 0.05) is 18.1 Å². The Hall–Kier alpha value is -1.01. The predicted octanol–water partition coefficient (Wildman–Crippen LogP) is 1.13. The molecule has 1 unspecified atom stereocenters. The summed E-state index contributed by atoms with van der Waals surface area (Å²) in [5, 5.41) is 3.46. The van der Waals surface area contributed by atoms with E-state index in [0.29, 0.717) is 11.7 Å². The first kappa shape index (κ1) is 15.4. The Kier molecular flexibility index (Phi) is 5.10. The molecule has 1 atom stereocenters. The van der Waals surface area contributed by atoms with E-state index in [0.717, 1.165) is 44.5 Å². The van der Waals surface area contributed by atoms with Crippen LogP contribution in [0.25, 0.3) is 0 Å². The van der Waals surface area contributed by atoms with Crippen LogP contribution in [0.1, 0.15) is 36.8 Å². The van der Waals surface area contributed by atoms with Gasteiger partial charge < -0.3 is 5.32 Å². The summed E-state index contributed by atoms with van der Waals surface area (Å²) >= 11 is 0. The molecule has 112 valence electrons. The van der Waals surface area contributed by atoms with Gasteiger partial charge in [-0.2, -0.15) is 0 Å². The molecule has 1 aliphatic rings. The van der Waals surface area contributed by atoms with Crippen LogP contribution >= 0.6 is 0 Å². The number of hydrogen-bond donors (Lipinski definition) is 1. The molecule has 0 amide bonds. The minimum absolute atomic E-state index is 0.0677. The Morgan fingerprint density at radius 1 is 1.45 bits per heavy atom. The third-order valence-electron chi connectivity index (χ3n) is 3.55. The fourth-order valence-corrected chi connectivity index (χ4v) is 3.19. The number of aromatic nitrogens is 2. The lowest BCUT2D eigenvalue weighted by Gasteiger charge is -2.24. The normalized spacial score (nSPS) is 18.8. The van der Waals surface area contributed by atoms with Crippen molar-refractivity contribution in [2.24, 2.45) is 5.92 Å². The SMILES string of the molecule is CCCNCC1CCc2nc(CS(C)(=O)=O)ncc2C1. The number of rotatable bonds is 6. The van der Waals surface area contributed by atoms with Crippen molar-refractivity contribution in [2.75, 3.05) is 19.3 Å². The van der Waals surface area contributed by atoms with Gasteiger partial charge in [-0.05, 0) is 50.3 Å². The molecule has 0 radical (unpaired) electrons. The first-order valence-electron chi connectivity index (χ1n) is 7.20. The maximum atomic E-state index is 11.3. The molecule has 2 rings (SSSR count). The number of fused-ring (bicyclic) bond motifs is 1. The Balaban J connectivity index is 2.00. The quantitative estimate of drug-likeness (QED) is 0.797. The van der Waals surface area contributed by atoms with Gasteiger partial charge in [0.25, 0.3) is 0 Å². The molecule has 20 heavy (non-hydrogen) atoms. The van der Waals surface area contributed by atoms with Crippen LogP contribution in [-0.4, -0.2) is 37.7 Å². The topological polar surface area (TPSA) is 72.0 Å². The van der Waals surface area contributed by atoms with Crippen molar-refractivity contribution in [3.05, 3.63) is 23.3 Å². The lowest BCUT2D eigenvalue weighted by Crippen LogP contribution is -2.28. The van der Waals surface area contributed by atoms with Gasteiger partial charge in [-0.25, -0.2) is 18.4 Å². The number of sulfone groups is 1. The predicted molar refractivity (Wildman–Crippen MR) is 79.3 cm³/mol. The summed E-state index contributed by atoms with van der Waals surface area (Å²) in [5.74, 6) is 0.995. The van der Waals surface area contributed by atoms with Crippen molar-refractivity contribution >= 4 is 9.84 Å². The van der Waals surface area contributed by atoms with E-state index in [1.807, 2.05) is 6.20 Å². The fraction of sp³-hybridized carbons (Fsp3) is 0.714. The van der Waals surface area contributed by atoms with Gasteiger partial charge >= 0.3 is 0 Å². The summed E-state index contributed by atoms with van der Waals surface area (Å²) in [4.78, 5) is 8.62. The van der Waals surface area contributed by atoms with Crippen LogP contribution in [0, 0.1) is 5.92 Å². The minimum atomic E-state index is -3.06. The van der Waals surface area contributed by atoms with Gasteiger partial charge in [0.2, 0.25) is 0 Å². The summed E-state index contributed by atoms with van der Waals surface area (Å²) in [7, 11) is -3.06. The molecule has 1 aliphatic carbocycles. The third kappa shape index (κ3) is 4.52. The summed E-state index contributed by atoms with van der Waals surface area (Å²) in [5.41, 5.74) is 2.21. The first-order valence-corrected chi connectivity index (χ1v) is 9.26. The molecule has 1 heterocycles. The van der Waals surface area contributed by atoms with E-state index in [9.17, 15) is 8.42 Å². The summed E-state index contributed by atoms with van der Waals surface area (Å²) < 4.78 is 22.6. The molecule has 0 fully saturated rings. The molecule has 0 saturated carbocycles. The highest BCUT2D eigenvalue weighted by Crippen LogP contribution is 2.23. The standard InChI is InChI=1S/C14H23N3O2S/c1-3-6-15-8-11-4-5-13-12(7-11)9-16-14(17-13)10-20(2,18)19/h9,11,15H,3-8,10H2,1-2H3. The number of hydrogen-bond acceptors (Lipinski definition) is 5. The van der Waals surface area contributed by atoms with Gasteiger partial charge in [-0.15, -0.1) is 0 Å². The van der Waals surface area contributed by atoms with Crippen molar-refractivity contribution in [1.29, 1.82) is 0 Å². The smallest absolute Gasteiger partial charge is 0.154 e. The van der Waals surface area contributed by atoms with Crippen molar-refractivity contribution < 1.29 is 8.42 Å². The van der Waals surface area contributed by atoms with Crippen LogP contribution in [0.5, 0.6) is 0 Å². The van der Waals surface area contributed by atoms with Crippen LogP contribution in [-0.2, 0) is 28.4 Å². The van der Waals surface area contributed by atoms with E-state index in [-0.39, 0.29) is 5.75 Å². The highest BCUT2D eigenvalue weighted by atomic mass is 32.2. The molecule has 0 aliphatic heterocycles. The number of nitrogens with zero attached hydrogens (tertiary/aromatic N) is 2. The zero-order valence-electron chi connectivity index (χ0n) is 12.2. The zero-order chi connectivity index (χ0) is 14.6. The molecule has 5 nitrogen and oxygen atoms in total. The second kappa shape index (κ2) is 6.63. The first-order chi connectivity index (χ1) is 9.48. The summed E-state index contributed by atoms with van der Waals surface area (Å²) in [6, 6.07) is 0. The zero-order valence-corrected chi connectivity index (χ0v) is 13.0. The van der Waals surface area contributed by atoms with Crippen LogP contribution in [0.2, 0.25) is 0 Å². The van der Waals surface area contributed by atoms with E-state index in [4.69, 9.17) is 0 Å². The molecule has 1 aromatic rings. The minimum Gasteiger partial charge on any atom is -0.316 e. The summed E-state index contributed by atoms with van der Waals surface area (Å²) in [6.07, 6.45) is 7.21. The molecule has 6 heteroatoms. The maximum Gasteiger partial charge on any atom is 0.154 e. The van der Waals surface area contributed by atoms with E-state index in [2.05, 4.69) is 22.2 Å². The average molecular weight is 297 g/mol. The monoisotopic (exact) mass is 297 g/mol. The van der Waals surface area contributed by atoms with Crippen molar-refractivity contribution in [2.45, 2.75) is 38.4 Å².